The Bertz CT molecular complexity index is 1010. The minimum Gasteiger partial charge on any atom is -0.352 e. The Balaban J connectivity index is 1.52. The number of amidine groups is 1. The number of sulfonamides is 1. The first-order valence-electron chi connectivity index (χ1n) is 8.10. The first-order chi connectivity index (χ1) is 12.8. The summed E-state index contributed by atoms with van der Waals surface area (Å²) in [6.07, 6.45) is -3.45. The second kappa shape index (κ2) is 6.19. The molecule has 142 valence electrons. The molecule has 2 aromatic rings. The van der Waals surface area contributed by atoms with Gasteiger partial charge in [0.05, 0.1) is 0 Å². The van der Waals surface area contributed by atoms with Crippen molar-refractivity contribution < 1.29 is 21.6 Å². The minimum atomic E-state index is -4.53. The van der Waals surface area contributed by atoms with E-state index in [1.54, 1.807) is 23.1 Å². The lowest BCUT2D eigenvalue weighted by Gasteiger charge is -2.35. The highest BCUT2D eigenvalue weighted by Gasteiger charge is 2.35. The van der Waals surface area contributed by atoms with Crippen LogP contribution in [0, 0.1) is 0 Å². The van der Waals surface area contributed by atoms with Crippen LogP contribution < -0.4 is 4.90 Å². The summed E-state index contributed by atoms with van der Waals surface area (Å²) in [5, 5.41) is 0. The first kappa shape index (κ1) is 17.7. The number of alkyl halides is 3. The molecule has 4 rings (SSSR count). The molecule has 0 saturated carbocycles. The van der Waals surface area contributed by atoms with Crippen molar-refractivity contribution in [3.8, 4) is 0 Å². The van der Waals surface area contributed by atoms with E-state index in [1.165, 1.54) is 6.07 Å². The predicted octanol–water partition coefficient (Wildman–Crippen LogP) is 1.77. The molecule has 7 nitrogen and oxygen atoms in total. The average molecular weight is 397 g/mol. The highest BCUT2D eigenvalue weighted by molar-refractivity contribution is 7.90. The number of aromatic nitrogens is 2. The largest absolute Gasteiger partial charge is 0.433 e. The molecule has 27 heavy (non-hydrogen) atoms. The molecule has 0 spiro atoms. The Morgan fingerprint density at radius 1 is 0.963 bits per heavy atom. The highest BCUT2D eigenvalue weighted by atomic mass is 32.2. The smallest absolute Gasteiger partial charge is 0.352 e. The van der Waals surface area contributed by atoms with Crippen LogP contribution in [0.3, 0.4) is 0 Å². The fourth-order valence-corrected chi connectivity index (χ4v) is 4.32. The molecule has 0 radical (unpaired) electrons. The average Bonchev–Trinajstić information content (AvgIpc) is 2.93. The molecule has 11 heteroatoms. The number of fused-ring (bicyclic) bond motifs is 1. The minimum absolute atomic E-state index is 0.00542. The zero-order valence-electron chi connectivity index (χ0n) is 13.9. The van der Waals surface area contributed by atoms with E-state index in [0.29, 0.717) is 37.6 Å². The van der Waals surface area contributed by atoms with E-state index in [4.69, 9.17) is 0 Å². The maximum Gasteiger partial charge on any atom is 0.433 e. The molecule has 0 atom stereocenters. The number of piperazine rings is 1. The van der Waals surface area contributed by atoms with E-state index < -0.39 is 21.9 Å². The van der Waals surface area contributed by atoms with E-state index in [9.17, 15) is 21.6 Å². The van der Waals surface area contributed by atoms with Gasteiger partial charge < -0.3 is 9.80 Å². The summed E-state index contributed by atoms with van der Waals surface area (Å²) in [5.41, 5.74) is -0.448. The van der Waals surface area contributed by atoms with Crippen LogP contribution in [0.25, 0.3) is 0 Å². The molecule has 1 aromatic carbocycles. The van der Waals surface area contributed by atoms with Crippen molar-refractivity contribution in [3.63, 3.8) is 0 Å². The molecule has 1 aromatic heterocycles. The van der Waals surface area contributed by atoms with Crippen molar-refractivity contribution in [3.05, 3.63) is 47.8 Å². The third-order valence-corrected chi connectivity index (χ3v) is 5.73. The van der Waals surface area contributed by atoms with Crippen molar-refractivity contribution in [2.24, 2.45) is 4.40 Å². The van der Waals surface area contributed by atoms with Crippen molar-refractivity contribution in [1.29, 1.82) is 0 Å². The standard InChI is InChI=1S/C16H14F3N5O2S/c17-16(18,19)13-5-6-20-15(21-13)24-9-7-23(8-10-24)14-11-3-1-2-4-12(11)27(25,26)22-14/h1-6H,7-10H2. The van der Waals surface area contributed by atoms with E-state index in [-0.39, 0.29) is 10.8 Å². The molecule has 0 aliphatic carbocycles. The lowest BCUT2D eigenvalue weighted by atomic mass is 10.1. The topological polar surface area (TPSA) is 78.8 Å². The SMILES string of the molecule is O=S1(=O)N=C(N2CCN(c3nccc(C(F)(F)F)n3)CC2)c2ccccc21. The fraction of sp³-hybridized carbons (Fsp3) is 0.312. The van der Waals surface area contributed by atoms with Crippen LogP contribution in [0.4, 0.5) is 19.1 Å². The van der Waals surface area contributed by atoms with Gasteiger partial charge in [0.2, 0.25) is 5.95 Å². The number of hydrogen-bond acceptors (Lipinski definition) is 6. The zero-order chi connectivity index (χ0) is 19.2. The number of rotatable bonds is 1. The van der Waals surface area contributed by atoms with Gasteiger partial charge in [0.15, 0.2) is 5.84 Å². The Hall–Kier alpha value is -2.69. The summed E-state index contributed by atoms with van der Waals surface area (Å²) in [6.45, 7) is 1.48. The van der Waals surface area contributed by atoms with Gasteiger partial charge >= 0.3 is 6.18 Å². The molecular weight excluding hydrogens is 383 g/mol. The fourth-order valence-electron chi connectivity index (χ4n) is 3.09. The third kappa shape index (κ3) is 3.22. The third-order valence-electron chi connectivity index (χ3n) is 4.41. The first-order valence-corrected chi connectivity index (χ1v) is 9.54. The van der Waals surface area contributed by atoms with Crippen LogP contribution in [0.2, 0.25) is 0 Å². The summed E-state index contributed by atoms with van der Waals surface area (Å²) in [6, 6.07) is 7.41. The van der Waals surface area contributed by atoms with Gasteiger partial charge in [-0.2, -0.15) is 21.6 Å². The van der Waals surface area contributed by atoms with Crippen molar-refractivity contribution in [2.75, 3.05) is 31.1 Å². The van der Waals surface area contributed by atoms with E-state index in [1.807, 2.05) is 4.90 Å². The lowest BCUT2D eigenvalue weighted by molar-refractivity contribution is -0.141. The second-order valence-electron chi connectivity index (χ2n) is 6.10. The summed E-state index contributed by atoms with van der Waals surface area (Å²) >= 11 is 0. The second-order valence-corrected chi connectivity index (χ2v) is 7.67. The van der Waals surface area contributed by atoms with Gasteiger partial charge in [0.25, 0.3) is 10.0 Å². The zero-order valence-corrected chi connectivity index (χ0v) is 14.7. The van der Waals surface area contributed by atoms with Crippen LogP contribution in [-0.4, -0.2) is 55.3 Å². The Labute approximate surface area is 153 Å². The highest BCUT2D eigenvalue weighted by Crippen LogP contribution is 2.30. The van der Waals surface area contributed by atoms with Crippen LogP contribution in [-0.2, 0) is 16.2 Å². The van der Waals surface area contributed by atoms with Crippen LogP contribution in [0.5, 0.6) is 0 Å². The summed E-state index contributed by atoms with van der Waals surface area (Å²) in [5.74, 6) is 0.376. The maximum absolute atomic E-state index is 12.8. The Morgan fingerprint density at radius 2 is 1.63 bits per heavy atom. The quantitative estimate of drug-likeness (QED) is 0.730. The lowest BCUT2D eigenvalue weighted by Crippen LogP contribution is -2.49. The summed E-state index contributed by atoms with van der Waals surface area (Å²) in [4.78, 5) is 11.1. The number of nitrogens with zero attached hydrogens (tertiary/aromatic N) is 5. The molecule has 1 saturated heterocycles. The molecule has 0 N–H and O–H groups in total. The number of anilines is 1. The van der Waals surface area contributed by atoms with Crippen LogP contribution in [0.15, 0.2) is 45.8 Å². The predicted molar refractivity (Wildman–Crippen MR) is 91.0 cm³/mol. The summed E-state index contributed by atoms with van der Waals surface area (Å²) in [7, 11) is -3.71. The van der Waals surface area contributed by atoms with Crippen LogP contribution >= 0.6 is 0 Å². The van der Waals surface area contributed by atoms with Gasteiger partial charge in [0, 0.05) is 37.9 Å². The van der Waals surface area contributed by atoms with Gasteiger partial charge in [-0.1, -0.05) is 12.1 Å². The Morgan fingerprint density at radius 3 is 2.33 bits per heavy atom. The number of hydrogen-bond donors (Lipinski definition) is 0. The molecule has 2 aliphatic heterocycles. The molecule has 0 unspecified atom stereocenters. The van der Waals surface area contributed by atoms with E-state index in [0.717, 1.165) is 12.3 Å². The molecule has 0 amide bonds. The normalized spacial score (nSPS) is 19.0. The number of halogens is 3. The van der Waals surface area contributed by atoms with E-state index in [2.05, 4.69) is 14.4 Å². The van der Waals surface area contributed by atoms with Crippen molar-refractivity contribution in [2.45, 2.75) is 11.1 Å². The van der Waals surface area contributed by atoms with Crippen molar-refractivity contribution >= 4 is 21.8 Å². The maximum atomic E-state index is 12.8. The molecule has 3 heterocycles. The van der Waals surface area contributed by atoms with Gasteiger partial charge in [-0.25, -0.2) is 9.97 Å². The molecule has 2 aliphatic rings. The van der Waals surface area contributed by atoms with Gasteiger partial charge in [-0.3, -0.25) is 0 Å². The van der Waals surface area contributed by atoms with Gasteiger partial charge in [0.1, 0.15) is 10.6 Å². The van der Waals surface area contributed by atoms with Crippen molar-refractivity contribution in [1.82, 2.24) is 14.9 Å². The monoisotopic (exact) mass is 397 g/mol. The molecular formula is C16H14F3N5O2S. The van der Waals surface area contributed by atoms with Gasteiger partial charge in [-0.05, 0) is 18.2 Å². The van der Waals surface area contributed by atoms with Crippen LogP contribution in [0.1, 0.15) is 11.3 Å². The van der Waals surface area contributed by atoms with Gasteiger partial charge in [-0.15, -0.1) is 4.40 Å². The molecule has 1 fully saturated rings. The Kier molecular flexibility index (Phi) is 4.06. The van der Waals surface area contributed by atoms with E-state index >= 15 is 0 Å². The summed E-state index contributed by atoms with van der Waals surface area (Å²) < 4.78 is 66.7. The number of benzene rings is 1. The molecule has 0 bridgehead atoms.